The summed E-state index contributed by atoms with van der Waals surface area (Å²) in [5, 5.41) is 0. The van der Waals surface area contributed by atoms with Gasteiger partial charge in [-0.1, -0.05) is 12.1 Å². The Morgan fingerprint density at radius 1 is 1.44 bits per heavy atom. The molecule has 3 rings (SSSR count). The van der Waals surface area contributed by atoms with Crippen molar-refractivity contribution in [1.29, 1.82) is 0 Å². The summed E-state index contributed by atoms with van der Waals surface area (Å²) in [6.45, 7) is 4.25. The van der Waals surface area contributed by atoms with Crippen LogP contribution in [0.3, 0.4) is 0 Å². The zero-order valence-electron chi connectivity index (χ0n) is 9.99. The molecule has 86 valence electrons. The number of hydrogen-bond donors (Lipinski definition) is 1. The molecular formula is C14H19NO. The summed E-state index contributed by atoms with van der Waals surface area (Å²) in [5.74, 6) is 1.07. The van der Waals surface area contributed by atoms with Crippen LogP contribution in [0, 0.1) is 0 Å². The molecule has 1 aliphatic carbocycles. The van der Waals surface area contributed by atoms with Gasteiger partial charge in [0.25, 0.3) is 0 Å². The maximum absolute atomic E-state index is 6.11. The van der Waals surface area contributed by atoms with Crippen molar-refractivity contribution in [3.63, 3.8) is 0 Å². The highest BCUT2D eigenvalue weighted by atomic mass is 16.5. The number of ether oxygens (including phenoxy) is 1. The van der Waals surface area contributed by atoms with Crippen LogP contribution in [0.15, 0.2) is 18.2 Å². The summed E-state index contributed by atoms with van der Waals surface area (Å²) < 4.78 is 5.72. The first-order valence-electron chi connectivity index (χ1n) is 6.17. The quantitative estimate of drug-likeness (QED) is 0.825. The number of fused-ring (bicyclic) bond motifs is 1. The number of benzene rings is 1. The SMILES string of the molecule is CC1Cc2cc(C3(C(C)N)CC3)ccc2O1. The molecule has 0 bridgehead atoms. The molecule has 2 N–H and O–H groups in total. The van der Waals surface area contributed by atoms with Gasteiger partial charge in [-0.2, -0.15) is 0 Å². The Labute approximate surface area is 96.8 Å². The van der Waals surface area contributed by atoms with Gasteiger partial charge in [-0.15, -0.1) is 0 Å². The van der Waals surface area contributed by atoms with Crippen molar-refractivity contribution in [1.82, 2.24) is 0 Å². The fourth-order valence-corrected chi connectivity index (χ4v) is 2.87. The molecule has 1 aromatic carbocycles. The average molecular weight is 217 g/mol. The molecular weight excluding hydrogens is 198 g/mol. The minimum atomic E-state index is 0.255. The monoisotopic (exact) mass is 217 g/mol. The summed E-state index contributed by atoms with van der Waals surface area (Å²) in [6, 6.07) is 6.89. The highest BCUT2D eigenvalue weighted by Gasteiger charge is 2.47. The van der Waals surface area contributed by atoms with E-state index in [1.807, 2.05) is 0 Å². The van der Waals surface area contributed by atoms with Crippen molar-refractivity contribution in [2.24, 2.45) is 5.73 Å². The molecule has 1 saturated carbocycles. The van der Waals surface area contributed by atoms with E-state index < -0.39 is 0 Å². The van der Waals surface area contributed by atoms with Crippen molar-refractivity contribution < 1.29 is 4.74 Å². The van der Waals surface area contributed by atoms with Gasteiger partial charge in [0, 0.05) is 17.9 Å². The lowest BCUT2D eigenvalue weighted by Crippen LogP contribution is -2.31. The van der Waals surface area contributed by atoms with Crippen LogP contribution in [0.1, 0.15) is 37.8 Å². The summed E-state index contributed by atoms with van der Waals surface area (Å²) >= 11 is 0. The van der Waals surface area contributed by atoms with Gasteiger partial charge in [-0.05, 0) is 43.9 Å². The van der Waals surface area contributed by atoms with Crippen LogP contribution in [0.5, 0.6) is 5.75 Å². The van der Waals surface area contributed by atoms with Gasteiger partial charge in [0.15, 0.2) is 0 Å². The highest BCUT2D eigenvalue weighted by molar-refractivity contribution is 5.45. The predicted octanol–water partition coefficient (Wildman–Crippen LogP) is 2.39. The lowest BCUT2D eigenvalue weighted by Gasteiger charge is -2.20. The van der Waals surface area contributed by atoms with Gasteiger partial charge < -0.3 is 10.5 Å². The zero-order chi connectivity index (χ0) is 11.3. The molecule has 1 aliphatic heterocycles. The first-order valence-corrected chi connectivity index (χ1v) is 6.17. The van der Waals surface area contributed by atoms with Crippen molar-refractivity contribution >= 4 is 0 Å². The minimum absolute atomic E-state index is 0.255. The van der Waals surface area contributed by atoms with Crippen molar-refractivity contribution in [3.8, 4) is 5.75 Å². The van der Waals surface area contributed by atoms with Crippen LogP contribution < -0.4 is 10.5 Å². The number of hydrogen-bond acceptors (Lipinski definition) is 2. The third-order valence-corrected chi connectivity index (χ3v) is 4.13. The Morgan fingerprint density at radius 3 is 2.81 bits per heavy atom. The van der Waals surface area contributed by atoms with Crippen LogP contribution in [0.4, 0.5) is 0 Å². The molecule has 1 fully saturated rings. The van der Waals surface area contributed by atoms with Crippen LogP contribution in [0.2, 0.25) is 0 Å². The van der Waals surface area contributed by atoms with Crippen molar-refractivity contribution in [2.45, 2.75) is 50.7 Å². The van der Waals surface area contributed by atoms with E-state index in [9.17, 15) is 0 Å². The van der Waals surface area contributed by atoms with Gasteiger partial charge >= 0.3 is 0 Å². The number of nitrogens with two attached hydrogens (primary N) is 1. The van der Waals surface area contributed by atoms with Gasteiger partial charge in [0.2, 0.25) is 0 Å². The highest BCUT2D eigenvalue weighted by Crippen LogP contribution is 2.51. The third kappa shape index (κ3) is 1.36. The summed E-state index contributed by atoms with van der Waals surface area (Å²) in [4.78, 5) is 0. The van der Waals surface area contributed by atoms with E-state index in [0.29, 0.717) is 6.10 Å². The first kappa shape index (κ1) is 10.2. The lowest BCUT2D eigenvalue weighted by molar-refractivity contribution is 0.254. The maximum Gasteiger partial charge on any atom is 0.123 e. The molecule has 16 heavy (non-hydrogen) atoms. The molecule has 1 aromatic rings. The van der Waals surface area contributed by atoms with Gasteiger partial charge in [-0.25, -0.2) is 0 Å². The van der Waals surface area contributed by atoms with Crippen LogP contribution in [-0.4, -0.2) is 12.1 Å². The van der Waals surface area contributed by atoms with E-state index in [4.69, 9.17) is 10.5 Å². The molecule has 1 heterocycles. The molecule has 0 saturated heterocycles. The zero-order valence-corrected chi connectivity index (χ0v) is 9.99. The fraction of sp³-hybridized carbons (Fsp3) is 0.571. The normalized spacial score (nSPS) is 27.1. The first-order chi connectivity index (χ1) is 7.62. The van der Waals surface area contributed by atoms with Gasteiger partial charge in [0.05, 0.1) is 0 Å². The molecule has 2 unspecified atom stereocenters. The fourth-order valence-electron chi connectivity index (χ4n) is 2.87. The molecule has 0 radical (unpaired) electrons. The van der Waals surface area contributed by atoms with Crippen LogP contribution in [0.25, 0.3) is 0 Å². The predicted molar refractivity (Wildman–Crippen MR) is 64.8 cm³/mol. The maximum atomic E-state index is 6.11. The van der Waals surface area contributed by atoms with Crippen molar-refractivity contribution in [3.05, 3.63) is 29.3 Å². The van der Waals surface area contributed by atoms with E-state index in [2.05, 4.69) is 32.0 Å². The Hall–Kier alpha value is -1.02. The van der Waals surface area contributed by atoms with Crippen molar-refractivity contribution in [2.75, 3.05) is 0 Å². The molecule has 2 heteroatoms. The second-order valence-corrected chi connectivity index (χ2v) is 5.40. The molecule has 2 atom stereocenters. The lowest BCUT2D eigenvalue weighted by atomic mass is 9.88. The number of rotatable bonds is 2. The average Bonchev–Trinajstić information content (AvgIpc) is 2.95. The smallest absolute Gasteiger partial charge is 0.123 e. The van der Waals surface area contributed by atoms with Gasteiger partial charge in [-0.3, -0.25) is 0 Å². The summed E-state index contributed by atoms with van der Waals surface area (Å²) in [6.07, 6.45) is 3.84. The Morgan fingerprint density at radius 2 is 2.19 bits per heavy atom. The van der Waals surface area contributed by atoms with E-state index >= 15 is 0 Å². The summed E-state index contributed by atoms with van der Waals surface area (Å²) in [5.41, 5.74) is 9.14. The topological polar surface area (TPSA) is 35.2 Å². The molecule has 0 amide bonds. The van der Waals surface area contributed by atoms with E-state index in [-0.39, 0.29) is 11.5 Å². The molecule has 2 aliphatic rings. The van der Waals surface area contributed by atoms with Crippen LogP contribution >= 0.6 is 0 Å². The minimum Gasteiger partial charge on any atom is -0.490 e. The standard InChI is InChI=1S/C14H19NO/c1-9-7-11-8-12(3-4-13(11)16-9)14(5-6-14)10(2)15/h3-4,8-10H,5-7,15H2,1-2H3. The van der Waals surface area contributed by atoms with E-state index in [1.165, 1.54) is 24.0 Å². The Kier molecular flexibility index (Phi) is 2.05. The Balaban J connectivity index is 1.97. The second-order valence-electron chi connectivity index (χ2n) is 5.40. The molecule has 0 spiro atoms. The Bertz CT molecular complexity index is 421. The molecule has 2 nitrogen and oxygen atoms in total. The van der Waals surface area contributed by atoms with Crippen LogP contribution in [-0.2, 0) is 11.8 Å². The second kappa shape index (κ2) is 3.24. The summed E-state index contributed by atoms with van der Waals surface area (Å²) in [7, 11) is 0. The van der Waals surface area contributed by atoms with E-state index in [0.717, 1.165) is 12.2 Å². The third-order valence-electron chi connectivity index (χ3n) is 4.13. The van der Waals surface area contributed by atoms with Gasteiger partial charge in [0.1, 0.15) is 11.9 Å². The molecule has 0 aromatic heterocycles. The largest absolute Gasteiger partial charge is 0.490 e. The van der Waals surface area contributed by atoms with E-state index in [1.54, 1.807) is 0 Å².